The molecule has 0 radical (unpaired) electrons. The minimum Gasteiger partial charge on any atom is -0.507 e. The Morgan fingerprint density at radius 2 is 1.79 bits per heavy atom. The summed E-state index contributed by atoms with van der Waals surface area (Å²) in [7, 11) is 8.04. The van der Waals surface area contributed by atoms with E-state index in [0.29, 0.717) is 22.7 Å². The van der Waals surface area contributed by atoms with Crippen LogP contribution in [0.4, 0.5) is 0 Å². The Labute approximate surface area is 170 Å². The van der Waals surface area contributed by atoms with E-state index in [1.807, 2.05) is 51.3 Å². The standard InChI is InChI=1S/C22H28N2O5/c1-13-20(25)14(2)22(26)29-21(13)18-11-15-7-8-16(12-17(15)28-18)27-19(24(5)6)9-10-23(3)4/h7-8,11-12,19,25H,9-10H2,1-6H3. The zero-order chi connectivity index (χ0) is 21.3. The third kappa shape index (κ3) is 4.46. The molecule has 0 saturated heterocycles. The molecule has 156 valence electrons. The predicted molar refractivity (Wildman–Crippen MR) is 113 cm³/mol. The Morgan fingerprint density at radius 1 is 1.07 bits per heavy atom. The highest BCUT2D eigenvalue weighted by atomic mass is 16.5. The first-order valence-electron chi connectivity index (χ1n) is 9.52. The molecule has 3 rings (SSSR count). The highest BCUT2D eigenvalue weighted by molar-refractivity contribution is 5.83. The van der Waals surface area contributed by atoms with Crippen molar-refractivity contribution in [2.75, 3.05) is 34.7 Å². The topological polar surface area (TPSA) is 79.3 Å². The van der Waals surface area contributed by atoms with Gasteiger partial charge in [-0.25, -0.2) is 4.79 Å². The molecule has 7 heteroatoms. The second kappa shape index (κ2) is 8.31. The number of aromatic hydroxyl groups is 1. The van der Waals surface area contributed by atoms with Crippen molar-refractivity contribution in [2.24, 2.45) is 0 Å². The van der Waals surface area contributed by atoms with E-state index in [1.54, 1.807) is 13.0 Å². The van der Waals surface area contributed by atoms with E-state index in [-0.39, 0.29) is 23.3 Å². The number of hydrogen-bond donors (Lipinski definition) is 1. The van der Waals surface area contributed by atoms with Crippen molar-refractivity contribution < 1.29 is 18.7 Å². The van der Waals surface area contributed by atoms with E-state index in [9.17, 15) is 9.90 Å². The molecule has 3 aromatic rings. The molecule has 29 heavy (non-hydrogen) atoms. The van der Waals surface area contributed by atoms with E-state index in [1.165, 1.54) is 6.92 Å². The van der Waals surface area contributed by atoms with E-state index in [0.717, 1.165) is 18.4 Å². The zero-order valence-corrected chi connectivity index (χ0v) is 17.8. The summed E-state index contributed by atoms with van der Waals surface area (Å²) in [6.45, 7) is 4.12. The molecule has 0 saturated carbocycles. The third-order valence-corrected chi connectivity index (χ3v) is 4.94. The van der Waals surface area contributed by atoms with Gasteiger partial charge in [0, 0.05) is 30.0 Å². The molecule has 0 spiro atoms. The van der Waals surface area contributed by atoms with Crippen LogP contribution in [0.25, 0.3) is 22.5 Å². The smallest absolute Gasteiger partial charge is 0.343 e. The number of benzene rings is 1. The van der Waals surface area contributed by atoms with Crippen LogP contribution < -0.4 is 10.4 Å². The van der Waals surface area contributed by atoms with Gasteiger partial charge in [-0.2, -0.15) is 0 Å². The van der Waals surface area contributed by atoms with E-state index < -0.39 is 5.63 Å². The second-order valence-corrected chi connectivity index (χ2v) is 7.76. The van der Waals surface area contributed by atoms with Crippen molar-refractivity contribution in [1.29, 1.82) is 0 Å². The van der Waals surface area contributed by atoms with Crippen molar-refractivity contribution in [3.8, 4) is 23.0 Å². The first kappa shape index (κ1) is 21.0. The molecule has 0 aliphatic carbocycles. The molecule has 1 aromatic carbocycles. The number of ether oxygens (including phenoxy) is 1. The molecule has 0 aliphatic rings. The quantitative estimate of drug-likeness (QED) is 0.607. The van der Waals surface area contributed by atoms with Crippen molar-refractivity contribution in [1.82, 2.24) is 9.80 Å². The summed E-state index contributed by atoms with van der Waals surface area (Å²) in [5, 5.41) is 11.0. The fourth-order valence-corrected chi connectivity index (χ4v) is 3.11. The first-order valence-corrected chi connectivity index (χ1v) is 9.52. The summed E-state index contributed by atoms with van der Waals surface area (Å²) in [5.74, 6) is 1.24. The summed E-state index contributed by atoms with van der Waals surface area (Å²) in [4.78, 5) is 16.1. The van der Waals surface area contributed by atoms with Crippen LogP contribution in [0.15, 0.2) is 37.9 Å². The van der Waals surface area contributed by atoms with E-state index in [4.69, 9.17) is 13.6 Å². The predicted octanol–water partition coefficient (Wildman–Crippen LogP) is 3.59. The van der Waals surface area contributed by atoms with Crippen molar-refractivity contribution in [2.45, 2.75) is 26.5 Å². The molecule has 1 N–H and O–H groups in total. The maximum atomic E-state index is 12.0. The van der Waals surface area contributed by atoms with Gasteiger partial charge < -0.3 is 23.6 Å². The molecular weight excluding hydrogens is 372 g/mol. The Bertz CT molecular complexity index is 1060. The van der Waals surface area contributed by atoms with Crippen LogP contribution in [-0.4, -0.2) is 55.9 Å². The largest absolute Gasteiger partial charge is 0.507 e. The lowest BCUT2D eigenvalue weighted by atomic mass is 10.1. The number of furan rings is 1. The number of fused-ring (bicyclic) bond motifs is 1. The van der Waals surface area contributed by atoms with Crippen LogP contribution in [-0.2, 0) is 0 Å². The summed E-state index contributed by atoms with van der Waals surface area (Å²) in [6, 6.07) is 7.41. The monoisotopic (exact) mass is 400 g/mol. The van der Waals surface area contributed by atoms with Gasteiger partial charge in [-0.15, -0.1) is 0 Å². The van der Waals surface area contributed by atoms with Crippen LogP contribution in [0.1, 0.15) is 17.5 Å². The van der Waals surface area contributed by atoms with Crippen molar-refractivity contribution in [3.63, 3.8) is 0 Å². The molecular formula is C22H28N2O5. The van der Waals surface area contributed by atoms with Gasteiger partial charge in [-0.05, 0) is 60.2 Å². The molecule has 0 bridgehead atoms. The van der Waals surface area contributed by atoms with Crippen LogP contribution in [0.5, 0.6) is 11.5 Å². The van der Waals surface area contributed by atoms with Crippen molar-refractivity contribution >= 4 is 11.0 Å². The van der Waals surface area contributed by atoms with Gasteiger partial charge in [0.2, 0.25) is 0 Å². The maximum absolute atomic E-state index is 12.0. The average molecular weight is 400 g/mol. The highest BCUT2D eigenvalue weighted by Gasteiger charge is 2.19. The Morgan fingerprint density at radius 3 is 2.45 bits per heavy atom. The SMILES string of the molecule is Cc1c(-c2cc3ccc(OC(CCN(C)C)N(C)C)cc3o2)oc(=O)c(C)c1O. The van der Waals surface area contributed by atoms with Gasteiger partial charge in [-0.3, -0.25) is 4.90 Å². The molecule has 7 nitrogen and oxygen atoms in total. The molecule has 0 amide bonds. The summed E-state index contributed by atoms with van der Waals surface area (Å²) in [5.41, 5.74) is 0.687. The Balaban J connectivity index is 1.92. The van der Waals surface area contributed by atoms with Gasteiger partial charge in [-0.1, -0.05) is 0 Å². The van der Waals surface area contributed by atoms with Crippen LogP contribution in [0.3, 0.4) is 0 Å². The van der Waals surface area contributed by atoms with Gasteiger partial charge in [0.1, 0.15) is 17.1 Å². The van der Waals surface area contributed by atoms with Gasteiger partial charge in [0.15, 0.2) is 17.7 Å². The number of nitrogens with zero attached hydrogens (tertiary/aromatic N) is 2. The lowest BCUT2D eigenvalue weighted by molar-refractivity contribution is 0.0508. The first-order chi connectivity index (χ1) is 13.7. The Hall–Kier alpha value is -2.77. The lowest BCUT2D eigenvalue weighted by Crippen LogP contribution is -2.36. The van der Waals surface area contributed by atoms with E-state index >= 15 is 0 Å². The zero-order valence-electron chi connectivity index (χ0n) is 17.8. The molecule has 2 heterocycles. The minimum absolute atomic E-state index is 0.0707. The van der Waals surface area contributed by atoms with Gasteiger partial charge >= 0.3 is 5.63 Å². The summed E-state index contributed by atoms with van der Waals surface area (Å²) >= 11 is 0. The summed E-state index contributed by atoms with van der Waals surface area (Å²) < 4.78 is 17.4. The number of hydrogen-bond acceptors (Lipinski definition) is 7. The average Bonchev–Trinajstić information content (AvgIpc) is 3.08. The molecule has 0 fully saturated rings. The Kier molecular flexibility index (Phi) is 6.00. The van der Waals surface area contributed by atoms with Crippen LogP contribution >= 0.6 is 0 Å². The fraction of sp³-hybridized carbons (Fsp3) is 0.409. The third-order valence-electron chi connectivity index (χ3n) is 4.94. The van der Waals surface area contributed by atoms with Crippen LogP contribution in [0.2, 0.25) is 0 Å². The van der Waals surface area contributed by atoms with E-state index in [2.05, 4.69) is 4.90 Å². The van der Waals surface area contributed by atoms with Crippen LogP contribution in [0, 0.1) is 13.8 Å². The van der Waals surface area contributed by atoms with Crippen molar-refractivity contribution in [3.05, 3.63) is 45.8 Å². The molecule has 1 atom stereocenters. The van der Waals surface area contributed by atoms with Gasteiger partial charge in [0.25, 0.3) is 0 Å². The lowest BCUT2D eigenvalue weighted by Gasteiger charge is -2.26. The molecule has 1 unspecified atom stereocenters. The highest BCUT2D eigenvalue weighted by Crippen LogP contribution is 2.34. The second-order valence-electron chi connectivity index (χ2n) is 7.76. The maximum Gasteiger partial charge on any atom is 0.343 e. The minimum atomic E-state index is -0.581. The molecule has 2 aromatic heterocycles. The summed E-state index contributed by atoms with van der Waals surface area (Å²) in [6.07, 6.45) is 0.785. The molecule has 0 aliphatic heterocycles. The van der Waals surface area contributed by atoms with Gasteiger partial charge in [0.05, 0.1) is 5.56 Å². The normalized spacial score (nSPS) is 12.8. The number of rotatable bonds is 7. The fourth-order valence-electron chi connectivity index (χ4n) is 3.11.